The number of benzene rings is 1. The maximum absolute atomic E-state index is 11.0. The highest BCUT2D eigenvalue weighted by Gasteiger charge is 2.02. The minimum absolute atomic E-state index is 0.0621. The Kier molecular flexibility index (Phi) is 6.22. The summed E-state index contributed by atoms with van der Waals surface area (Å²) in [6.45, 7) is 2.23. The van der Waals surface area contributed by atoms with Gasteiger partial charge in [-0.25, -0.2) is 0 Å². The molecule has 0 saturated heterocycles. The Morgan fingerprint density at radius 2 is 1.94 bits per heavy atom. The zero-order valence-corrected chi connectivity index (χ0v) is 11.3. The van der Waals surface area contributed by atoms with E-state index in [0.717, 1.165) is 18.6 Å². The molecule has 0 radical (unpaired) electrons. The molecule has 0 heterocycles. The van der Waals surface area contributed by atoms with Crippen molar-refractivity contribution in [1.29, 1.82) is 0 Å². The van der Waals surface area contributed by atoms with Crippen LogP contribution in [0.5, 0.6) is 5.75 Å². The molecule has 1 rings (SSSR count). The van der Waals surface area contributed by atoms with Crippen molar-refractivity contribution in [2.24, 2.45) is 0 Å². The summed E-state index contributed by atoms with van der Waals surface area (Å²) >= 11 is 0. The summed E-state index contributed by atoms with van der Waals surface area (Å²) in [5.41, 5.74) is 1.28. The lowest BCUT2D eigenvalue weighted by molar-refractivity contribution is -0.122. The van der Waals surface area contributed by atoms with Gasteiger partial charge in [0, 0.05) is 13.1 Å². The second-order valence-corrected chi connectivity index (χ2v) is 4.33. The van der Waals surface area contributed by atoms with Gasteiger partial charge >= 0.3 is 0 Å². The Labute approximate surface area is 109 Å². The first kappa shape index (κ1) is 14.5. The zero-order valence-electron chi connectivity index (χ0n) is 11.3. The lowest BCUT2D eigenvalue weighted by Crippen LogP contribution is -2.24. The number of carbonyl (C=O) groups excluding carboxylic acids is 1. The monoisotopic (exact) mass is 250 g/mol. The van der Waals surface area contributed by atoms with Crippen molar-refractivity contribution in [1.82, 2.24) is 10.6 Å². The largest absolute Gasteiger partial charge is 0.484 e. The SMILES string of the molecule is CNC(=O)COc1ccc(CCC(C)NC)cc1. The Morgan fingerprint density at radius 3 is 2.50 bits per heavy atom. The molecule has 0 bridgehead atoms. The number of nitrogens with one attached hydrogen (secondary N) is 2. The number of ether oxygens (including phenoxy) is 1. The molecular weight excluding hydrogens is 228 g/mol. The number of rotatable bonds is 7. The van der Waals surface area contributed by atoms with Crippen molar-refractivity contribution in [3.05, 3.63) is 29.8 Å². The van der Waals surface area contributed by atoms with Crippen LogP contribution < -0.4 is 15.4 Å². The Bertz CT molecular complexity index is 363. The summed E-state index contributed by atoms with van der Waals surface area (Å²) in [6, 6.07) is 8.42. The average molecular weight is 250 g/mol. The van der Waals surface area contributed by atoms with Gasteiger partial charge in [0.15, 0.2) is 6.61 Å². The van der Waals surface area contributed by atoms with Crippen LogP contribution in [0, 0.1) is 0 Å². The number of carbonyl (C=O) groups is 1. The highest BCUT2D eigenvalue weighted by atomic mass is 16.5. The first-order chi connectivity index (χ1) is 8.65. The van der Waals surface area contributed by atoms with Gasteiger partial charge in [-0.3, -0.25) is 4.79 Å². The van der Waals surface area contributed by atoms with Gasteiger partial charge in [-0.05, 0) is 44.5 Å². The van der Waals surface area contributed by atoms with E-state index in [4.69, 9.17) is 4.74 Å². The summed E-state index contributed by atoms with van der Waals surface area (Å²) < 4.78 is 5.34. The lowest BCUT2D eigenvalue weighted by atomic mass is 10.1. The van der Waals surface area contributed by atoms with E-state index in [9.17, 15) is 4.79 Å². The number of hydrogen-bond acceptors (Lipinski definition) is 3. The van der Waals surface area contributed by atoms with E-state index in [-0.39, 0.29) is 12.5 Å². The van der Waals surface area contributed by atoms with Gasteiger partial charge in [-0.15, -0.1) is 0 Å². The van der Waals surface area contributed by atoms with Gasteiger partial charge in [0.05, 0.1) is 0 Å². The van der Waals surface area contributed by atoms with Gasteiger partial charge in [0.2, 0.25) is 0 Å². The maximum atomic E-state index is 11.0. The van der Waals surface area contributed by atoms with Crippen LogP contribution in [0.2, 0.25) is 0 Å². The molecule has 0 aliphatic carbocycles. The Balaban J connectivity index is 2.40. The standard InChI is InChI=1S/C14H22N2O2/c1-11(15-2)4-5-12-6-8-13(9-7-12)18-10-14(17)16-3/h6-9,11,15H,4-5,10H2,1-3H3,(H,16,17). The number of amides is 1. The summed E-state index contributed by atoms with van der Waals surface area (Å²) in [7, 11) is 3.57. The fourth-order valence-corrected chi connectivity index (χ4v) is 1.50. The molecule has 0 aliphatic rings. The summed E-state index contributed by atoms with van der Waals surface area (Å²) in [6.07, 6.45) is 2.15. The fraction of sp³-hybridized carbons (Fsp3) is 0.500. The van der Waals surface area contributed by atoms with E-state index in [1.165, 1.54) is 5.56 Å². The second-order valence-electron chi connectivity index (χ2n) is 4.33. The molecule has 1 unspecified atom stereocenters. The number of hydrogen-bond donors (Lipinski definition) is 2. The predicted octanol–water partition coefficient (Wildman–Crippen LogP) is 1.35. The molecule has 1 amide bonds. The molecule has 0 fully saturated rings. The quantitative estimate of drug-likeness (QED) is 0.768. The topological polar surface area (TPSA) is 50.4 Å². The predicted molar refractivity (Wildman–Crippen MR) is 72.8 cm³/mol. The molecule has 100 valence electrons. The van der Waals surface area contributed by atoms with Gasteiger partial charge in [0.25, 0.3) is 5.91 Å². The highest BCUT2D eigenvalue weighted by Crippen LogP contribution is 2.13. The minimum Gasteiger partial charge on any atom is -0.484 e. The fourth-order valence-electron chi connectivity index (χ4n) is 1.50. The molecule has 1 atom stereocenters. The molecule has 0 aliphatic heterocycles. The van der Waals surface area contributed by atoms with Crippen LogP contribution in [0.1, 0.15) is 18.9 Å². The molecule has 0 aromatic heterocycles. The first-order valence-corrected chi connectivity index (χ1v) is 6.25. The van der Waals surface area contributed by atoms with Crippen molar-refractivity contribution in [3.63, 3.8) is 0 Å². The van der Waals surface area contributed by atoms with Crippen LogP contribution in [0.4, 0.5) is 0 Å². The Morgan fingerprint density at radius 1 is 1.28 bits per heavy atom. The van der Waals surface area contributed by atoms with E-state index in [1.807, 2.05) is 31.3 Å². The van der Waals surface area contributed by atoms with E-state index in [0.29, 0.717) is 6.04 Å². The molecule has 1 aromatic carbocycles. The third kappa shape index (κ3) is 5.19. The van der Waals surface area contributed by atoms with E-state index < -0.39 is 0 Å². The van der Waals surface area contributed by atoms with Crippen LogP contribution in [0.3, 0.4) is 0 Å². The third-order valence-corrected chi connectivity index (χ3v) is 2.93. The molecule has 4 nitrogen and oxygen atoms in total. The Hall–Kier alpha value is -1.55. The van der Waals surface area contributed by atoms with Crippen LogP contribution in [0.15, 0.2) is 24.3 Å². The third-order valence-electron chi connectivity index (χ3n) is 2.93. The van der Waals surface area contributed by atoms with Crippen molar-refractivity contribution in [2.75, 3.05) is 20.7 Å². The lowest BCUT2D eigenvalue weighted by Gasteiger charge is -2.10. The van der Waals surface area contributed by atoms with Gasteiger partial charge in [-0.2, -0.15) is 0 Å². The van der Waals surface area contributed by atoms with Crippen LogP contribution in [-0.4, -0.2) is 32.7 Å². The van der Waals surface area contributed by atoms with Gasteiger partial charge in [-0.1, -0.05) is 12.1 Å². The molecule has 0 saturated carbocycles. The normalized spacial score (nSPS) is 11.9. The van der Waals surface area contributed by atoms with Crippen LogP contribution in [-0.2, 0) is 11.2 Å². The van der Waals surface area contributed by atoms with Crippen molar-refractivity contribution < 1.29 is 9.53 Å². The van der Waals surface area contributed by atoms with Gasteiger partial charge < -0.3 is 15.4 Å². The summed E-state index contributed by atoms with van der Waals surface area (Å²) in [4.78, 5) is 11.0. The van der Waals surface area contributed by atoms with E-state index in [2.05, 4.69) is 17.6 Å². The van der Waals surface area contributed by atoms with Crippen LogP contribution in [0.25, 0.3) is 0 Å². The molecule has 1 aromatic rings. The summed E-state index contributed by atoms with van der Waals surface area (Å²) in [5.74, 6) is 0.603. The number of aryl methyl sites for hydroxylation is 1. The minimum atomic E-state index is -0.123. The van der Waals surface area contributed by atoms with Crippen molar-refractivity contribution >= 4 is 5.91 Å². The highest BCUT2D eigenvalue weighted by molar-refractivity contribution is 5.77. The number of likely N-dealkylation sites (N-methyl/N-ethyl adjacent to an activating group) is 1. The molecule has 4 heteroatoms. The molecule has 18 heavy (non-hydrogen) atoms. The first-order valence-electron chi connectivity index (χ1n) is 6.25. The van der Waals surface area contributed by atoms with Crippen molar-refractivity contribution in [2.45, 2.75) is 25.8 Å². The molecular formula is C14H22N2O2. The van der Waals surface area contributed by atoms with E-state index >= 15 is 0 Å². The molecule has 2 N–H and O–H groups in total. The smallest absolute Gasteiger partial charge is 0.257 e. The second kappa shape index (κ2) is 7.71. The van der Waals surface area contributed by atoms with Crippen molar-refractivity contribution in [3.8, 4) is 5.75 Å². The molecule has 0 spiro atoms. The zero-order chi connectivity index (χ0) is 13.4. The van der Waals surface area contributed by atoms with Crippen LogP contribution >= 0.6 is 0 Å². The average Bonchev–Trinajstić information content (AvgIpc) is 2.43. The summed E-state index contributed by atoms with van der Waals surface area (Å²) in [5, 5.41) is 5.73. The maximum Gasteiger partial charge on any atom is 0.257 e. The van der Waals surface area contributed by atoms with E-state index in [1.54, 1.807) is 7.05 Å². The van der Waals surface area contributed by atoms with Gasteiger partial charge in [0.1, 0.15) is 5.75 Å².